The molecule has 7 heteroatoms. The third-order valence-electron chi connectivity index (χ3n) is 4.07. The summed E-state index contributed by atoms with van der Waals surface area (Å²) in [5.41, 5.74) is 0.787. The number of carbonyl (C=O) groups excluding carboxylic acids is 1. The first-order valence-electron chi connectivity index (χ1n) is 8.16. The van der Waals surface area contributed by atoms with Gasteiger partial charge in [-0.05, 0) is 42.3 Å². The van der Waals surface area contributed by atoms with Crippen molar-refractivity contribution in [1.29, 1.82) is 0 Å². The monoisotopic (exact) mass is 355 g/mol. The van der Waals surface area contributed by atoms with Gasteiger partial charge < -0.3 is 9.73 Å². The van der Waals surface area contributed by atoms with E-state index < -0.39 is 0 Å². The topological polar surface area (TPSA) is 77.1 Å². The Labute approximate surface area is 149 Å². The van der Waals surface area contributed by atoms with Crippen molar-refractivity contribution in [3.8, 4) is 0 Å². The lowest BCUT2D eigenvalue weighted by Gasteiger charge is -2.15. The predicted octanol–water partition coefficient (Wildman–Crippen LogP) is 2.46. The molecular weight excluding hydrogens is 337 g/mol. The molecule has 2 aromatic heterocycles. The molecule has 1 N–H and O–H groups in total. The number of nitrogens with one attached hydrogen (secondary N) is 1. The largest absolute Gasteiger partial charge is 0.469 e. The second-order valence-corrected chi connectivity index (χ2v) is 5.84. The fourth-order valence-electron chi connectivity index (χ4n) is 2.70. The Balaban J connectivity index is 1.68. The number of halogens is 1. The van der Waals surface area contributed by atoms with Crippen LogP contribution in [0, 0.1) is 5.82 Å². The molecule has 3 aromatic rings. The molecule has 1 aromatic carbocycles. The minimum absolute atomic E-state index is 0.112. The van der Waals surface area contributed by atoms with Crippen LogP contribution in [-0.2, 0) is 7.05 Å². The molecule has 0 spiro atoms. The van der Waals surface area contributed by atoms with E-state index in [0.717, 1.165) is 16.0 Å². The van der Waals surface area contributed by atoms with Crippen molar-refractivity contribution in [3.63, 3.8) is 0 Å². The van der Waals surface area contributed by atoms with Gasteiger partial charge in [-0.3, -0.25) is 9.59 Å². The van der Waals surface area contributed by atoms with Crippen molar-refractivity contribution in [2.45, 2.75) is 12.3 Å². The van der Waals surface area contributed by atoms with Gasteiger partial charge in [0.05, 0.1) is 6.26 Å². The summed E-state index contributed by atoms with van der Waals surface area (Å²) < 4.78 is 19.8. The van der Waals surface area contributed by atoms with Crippen molar-refractivity contribution < 1.29 is 13.6 Å². The fraction of sp³-hybridized carbons (Fsp3) is 0.211. The summed E-state index contributed by atoms with van der Waals surface area (Å²) in [6, 6.07) is 12.5. The lowest BCUT2D eigenvalue weighted by molar-refractivity contribution is 0.0945. The van der Waals surface area contributed by atoms with Gasteiger partial charge in [0.25, 0.3) is 11.5 Å². The summed E-state index contributed by atoms with van der Waals surface area (Å²) in [5, 5.41) is 6.71. The molecule has 0 saturated carbocycles. The highest BCUT2D eigenvalue weighted by Crippen LogP contribution is 2.28. The summed E-state index contributed by atoms with van der Waals surface area (Å²) in [7, 11) is 1.49. The van der Waals surface area contributed by atoms with Crippen molar-refractivity contribution in [1.82, 2.24) is 15.1 Å². The first kappa shape index (κ1) is 17.6. The maximum atomic E-state index is 13.2. The van der Waals surface area contributed by atoms with E-state index in [2.05, 4.69) is 10.4 Å². The van der Waals surface area contributed by atoms with Gasteiger partial charge in [-0.2, -0.15) is 5.10 Å². The minimum Gasteiger partial charge on any atom is -0.469 e. The normalized spacial score (nSPS) is 11.9. The van der Waals surface area contributed by atoms with Crippen LogP contribution in [0.4, 0.5) is 4.39 Å². The minimum atomic E-state index is -0.363. The lowest BCUT2D eigenvalue weighted by atomic mass is 9.93. The first-order valence-corrected chi connectivity index (χ1v) is 8.16. The fourth-order valence-corrected chi connectivity index (χ4v) is 2.70. The van der Waals surface area contributed by atoms with E-state index in [1.54, 1.807) is 24.5 Å². The number of hydrogen-bond acceptors (Lipinski definition) is 4. The van der Waals surface area contributed by atoms with Crippen LogP contribution in [0.2, 0.25) is 0 Å². The smallest absolute Gasteiger partial charge is 0.271 e. The van der Waals surface area contributed by atoms with Gasteiger partial charge in [-0.15, -0.1) is 0 Å². The van der Waals surface area contributed by atoms with Crippen LogP contribution >= 0.6 is 0 Å². The van der Waals surface area contributed by atoms with Crippen LogP contribution in [0.3, 0.4) is 0 Å². The number of hydrogen-bond donors (Lipinski definition) is 1. The number of rotatable bonds is 6. The van der Waals surface area contributed by atoms with Crippen LogP contribution in [0.5, 0.6) is 0 Å². The molecule has 0 radical (unpaired) electrons. The summed E-state index contributed by atoms with van der Waals surface area (Å²) in [6.07, 6.45) is 2.15. The van der Waals surface area contributed by atoms with E-state index >= 15 is 0 Å². The summed E-state index contributed by atoms with van der Waals surface area (Å²) in [5.74, 6) is -0.0380. The second kappa shape index (κ2) is 7.77. The molecule has 2 heterocycles. The van der Waals surface area contributed by atoms with E-state index in [0.29, 0.717) is 13.0 Å². The molecule has 0 aliphatic carbocycles. The molecule has 0 fully saturated rings. The highest BCUT2D eigenvalue weighted by atomic mass is 19.1. The molecule has 134 valence electrons. The van der Waals surface area contributed by atoms with Gasteiger partial charge in [0, 0.05) is 25.6 Å². The average Bonchev–Trinajstić information content (AvgIpc) is 3.16. The number of furan rings is 1. The third kappa shape index (κ3) is 4.05. The zero-order valence-corrected chi connectivity index (χ0v) is 14.2. The SMILES string of the molecule is Cn1nc(C(=O)NCC[C@H](c2ccc(F)cc2)c2ccco2)ccc1=O. The van der Waals surface area contributed by atoms with Crippen LogP contribution < -0.4 is 10.9 Å². The molecule has 0 aliphatic rings. The van der Waals surface area contributed by atoms with Crippen LogP contribution in [0.15, 0.2) is 64.0 Å². The number of aromatic nitrogens is 2. The Hall–Kier alpha value is -3.22. The number of carbonyl (C=O) groups is 1. The van der Waals surface area contributed by atoms with Gasteiger partial charge in [0.1, 0.15) is 17.3 Å². The Kier molecular flexibility index (Phi) is 5.26. The Morgan fingerprint density at radius 1 is 1.23 bits per heavy atom. The number of aryl methyl sites for hydroxylation is 1. The summed E-state index contributed by atoms with van der Waals surface area (Å²) in [4.78, 5) is 23.5. The van der Waals surface area contributed by atoms with E-state index in [9.17, 15) is 14.0 Å². The molecule has 1 amide bonds. The van der Waals surface area contributed by atoms with Crippen molar-refractivity contribution in [2.24, 2.45) is 7.05 Å². The molecule has 0 bridgehead atoms. The molecule has 26 heavy (non-hydrogen) atoms. The molecule has 0 aliphatic heterocycles. The molecule has 0 saturated heterocycles. The van der Waals surface area contributed by atoms with E-state index in [-0.39, 0.29) is 28.9 Å². The van der Waals surface area contributed by atoms with Crippen LogP contribution in [-0.4, -0.2) is 22.2 Å². The first-order chi connectivity index (χ1) is 12.5. The van der Waals surface area contributed by atoms with Crippen molar-refractivity contribution in [3.05, 3.63) is 88.0 Å². The second-order valence-electron chi connectivity index (χ2n) is 5.84. The standard InChI is InChI=1S/C19H18FN3O3/c1-23-18(24)9-8-16(22-23)19(25)21-11-10-15(17-3-2-12-26-17)13-4-6-14(20)7-5-13/h2-9,12,15H,10-11H2,1H3,(H,21,25)/t15-/m1/s1. The maximum absolute atomic E-state index is 13.2. The molecule has 0 unspecified atom stereocenters. The Morgan fingerprint density at radius 2 is 2.00 bits per heavy atom. The Bertz CT molecular complexity index is 933. The van der Waals surface area contributed by atoms with Gasteiger partial charge >= 0.3 is 0 Å². The summed E-state index contributed by atoms with van der Waals surface area (Å²) >= 11 is 0. The highest BCUT2D eigenvalue weighted by molar-refractivity contribution is 5.91. The van der Waals surface area contributed by atoms with Crippen LogP contribution in [0.25, 0.3) is 0 Å². The molecule has 3 rings (SSSR count). The van der Waals surface area contributed by atoms with Crippen molar-refractivity contribution in [2.75, 3.05) is 6.54 Å². The molecule has 6 nitrogen and oxygen atoms in total. The highest BCUT2D eigenvalue weighted by Gasteiger charge is 2.18. The van der Waals surface area contributed by atoms with Crippen LogP contribution in [0.1, 0.15) is 34.2 Å². The van der Waals surface area contributed by atoms with Gasteiger partial charge in [-0.25, -0.2) is 9.07 Å². The van der Waals surface area contributed by atoms with Crippen molar-refractivity contribution >= 4 is 5.91 Å². The van der Waals surface area contributed by atoms with E-state index in [1.807, 2.05) is 6.07 Å². The number of nitrogens with zero attached hydrogens (tertiary/aromatic N) is 2. The van der Waals surface area contributed by atoms with E-state index in [1.165, 1.54) is 31.3 Å². The Morgan fingerprint density at radius 3 is 2.65 bits per heavy atom. The zero-order valence-electron chi connectivity index (χ0n) is 14.2. The van der Waals surface area contributed by atoms with E-state index in [4.69, 9.17) is 4.42 Å². The molecule has 1 atom stereocenters. The van der Waals surface area contributed by atoms with Gasteiger partial charge in [-0.1, -0.05) is 12.1 Å². The number of amides is 1. The van der Waals surface area contributed by atoms with Gasteiger partial charge in [0.2, 0.25) is 0 Å². The lowest BCUT2D eigenvalue weighted by Crippen LogP contribution is -2.29. The third-order valence-corrected chi connectivity index (χ3v) is 4.07. The predicted molar refractivity (Wildman–Crippen MR) is 93.4 cm³/mol. The number of benzene rings is 1. The quantitative estimate of drug-likeness (QED) is 0.737. The summed E-state index contributed by atoms with van der Waals surface area (Å²) in [6.45, 7) is 0.367. The van der Waals surface area contributed by atoms with Gasteiger partial charge in [0.15, 0.2) is 0 Å². The maximum Gasteiger partial charge on any atom is 0.271 e. The molecular formula is C19H18FN3O3. The average molecular weight is 355 g/mol. The zero-order chi connectivity index (χ0) is 18.5.